The van der Waals surface area contributed by atoms with Gasteiger partial charge in [-0.15, -0.1) is 0 Å². The molecule has 2 aromatic carbocycles. The highest BCUT2D eigenvalue weighted by molar-refractivity contribution is 5.87. The quantitative estimate of drug-likeness (QED) is 0.747. The smallest absolute Gasteiger partial charge is 0.326 e. The van der Waals surface area contributed by atoms with Crippen molar-refractivity contribution in [2.24, 2.45) is 0 Å². The van der Waals surface area contributed by atoms with Crippen LogP contribution in [0.25, 0.3) is 11.1 Å². The SMILES string of the molecule is COc1ccc(F)cc1-c1ccc(C[C@H](NC(=O)[C@@H]2CCCN2C)C(=O)O)cc1. The third-order valence-electron chi connectivity index (χ3n) is 5.30. The Morgan fingerprint density at radius 3 is 2.59 bits per heavy atom. The highest BCUT2D eigenvalue weighted by Gasteiger charge is 2.30. The van der Waals surface area contributed by atoms with E-state index in [1.165, 1.54) is 19.2 Å². The van der Waals surface area contributed by atoms with Gasteiger partial charge in [-0.3, -0.25) is 9.69 Å². The van der Waals surface area contributed by atoms with Gasteiger partial charge in [0.1, 0.15) is 17.6 Å². The Balaban J connectivity index is 1.72. The average Bonchev–Trinajstić information content (AvgIpc) is 3.14. The maximum atomic E-state index is 13.6. The number of rotatable bonds is 7. The highest BCUT2D eigenvalue weighted by atomic mass is 19.1. The van der Waals surface area contributed by atoms with Crippen molar-refractivity contribution in [2.75, 3.05) is 20.7 Å². The first-order chi connectivity index (χ1) is 13.9. The molecule has 7 heteroatoms. The van der Waals surface area contributed by atoms with E-state index in [1.54, 1.807) is 30.3 Å². The maximum absolute atomic E-state index is 13.6. The second-order valence-electron chi connectivity index (χ2n) is 7.28. The predicted molar refractivity (Wildman–Crippen MR) is 107 cm³/mol. The lowest BCUT2D eigenvalue weighted by Crippen LogP contribution is -2.49. The number of likely N-dealkylation sites (N-methyl/N-ethyl adjacent to an activating group) is 1. The summed E-state index contributed by atoms with van der Waals surface area (Å²) >= 11 is 0. The third kappa shape index (κ3) is 4.92. The summed E-state index contributed by atoms with van der Waals surface area (Å²) in [6, 6.07) is 10.1. The van der Waals surface area contributed by atoms with Gasteiger partial charge in [0.25, 0.3) is 0 Å². The van der Waals surface area contributed by atoms with Crippen molar-refractivity contribution in [1.82, 2.24) is 10.2 Å². The van der Waals surface area contributed by atoms with Crippen LogP contribution in [0.15, 0.2) is 42.5 Å². The molecule has 0 spiro atoms. The van der Waals surface area contributed by atoms with Crippen molar-refractivity contribution in [3.63, 3.8) is 0 Å². The number of nitrogens with zero attached hydrogens (tertiary/aromatic N) is 1. The van der Waals surface area contributed by atoms with Gasteiger partial charge in [-0.2, -0.15) is 0 Å². The number of methoxy groups -OCH3 is 1. The molecule has 1 saturated heterocycles. The summed E-state index contributed by atoms with van der Waals surface area (Å²) in [6.07, 6.45) is 1.83. The third-order valence-corrected chi connectivity index (χ3v) is 5.30. The molecule has 1 amide bonds. The molecule has 1 fully saturated rings. The van der Waals surface area contributed by atoms with Gasteiger partial charge < -0.3 is 15.2 Å². The fourth-order valence-electron chi connectivity index (χ4n) is 3.67. The van der Waals surface area contributed by atoms with Gasteiger partial charge in [-0.1, -0.05) is 24.3 Å². The lowest BCUT2D eigenvalue weighted by Gasteiger charge is -2.22. The predicted octanol–water partition coefficient (Wildman–Crippen LogP) is 2.71. The Bertz CT molecular complexity index is 885. The normalized spacial score (nSPS) is 17.7. The first-order valence-corrected chi connectivity index (χ1v) is 9.55. The van der Waals surface area contributed by atoms with Crippen molar-refractivity contribution in [3.05, 3.63) is 53.8 Å². The highest BCUT2D eigenvalue weighted by Crippen LogP contribution is 2.30. The van der Waals surface area contributed by atoms with Gasteiger partial charge >= 0.3 is 5.97 Å². The second-order valence-corrected chi connectivity index (χ2v) is 7.28. The van der Waals surface area contributed by atoms with Gasteiger partial charge in [-0.25, -0.2) is 9.18 Å². The van der Waals surface area contributed by atoms with E-state index in [4.69, 9.17) is 4.74 Å². The number of hydrogen-bond donors (Lipinski definition) is 2. The molecule has 0 aliphatic carbocycles. The Hall–Kier alpha value is -2.93. The lowest BCUT2D eigenvalue weighted by molar-refractivity contribution is -0.142. The van der Waals surface area contributed by atoms with Crippen LogP contribution in [0.3, 0.4) is 0 Å². The minimum atomic E-state index is -1.07. The number of nitrogens with one attached hydrogen (secondary N) is 1. The zero-order chi connectivity index (χ0) is 21.0. The molecule has 29 heavy (non-hydrogen) atoms. The molecule has 0 aromatic heterocycles. The molecule has 1 aliphatic heterocycles. The van der Waals surface area contributed by atoms with E-state index in [0.29, 0.717) is 11.3 Å². The van der Waals surface area contributed by atoms with Crippen LogP contribution in [0, 0.1) is 5.82 Å². The number of ether oxygens (including phenoxy) is 1. The topological polar surface area (TPSA) is 78.9 Å². The van der Waals surface area contributed by atoms with Crippen LogP contribution in [0.2, 0.25) is 0 Å². The van der Waals surface area contributed by atoms with E-state index in [2.05, 4.69) is 5.32 Å². The van der Waals surface area contributed by atoms with Crippen molar-refractivity contribution < 1.29 is 23.8 Å². The number of amides is 1. The number of carboxylic acid groups (broad SMARTS) is 1. The standard InChI is InChI=1S/C22H25FN2O4/c1-25-11-3-4-19(25)21(26)24-18(22(27)28)12-14-5-7-15(8-6-14)17-13-16(23)9-10-20(17)29-2/h5-10,13,18-19H,3-4,11-12H2,1-2H3,(H,24,26)(H,27,28)/t18-,19-/m0/s1. The molecule has 0 radical (unpaired) electrons. The first-order valence-electron chi connectivity index (χ1n) is 9.55. The van der Waals surface area contributed by atoms with Gasteiger partial charge in [0.15, 0.2) is 0 Å². The largest absolute Gasteiger partial charge is 0.496 e. The molecule has 2 atom stereocenters. The Labute approximate surface area is 169 Å². The zero-order valence-corrected chi connectivity index (χ0v) is 16.5. The second kappa shape index (κ2) is 9.05. The van der Waals surface area contributed by atoms with E-state index >= 15 is 0 Å². The number of halogens is 1. The number of benzene rings is 2. The number of carboxylic acids is 1. The van der Waals surface area contributed by atoms with Crippen LogP contribution in [-0.4, -0.2) is 54.7 Å². The molecule has 1 aliphatic rings. The van der Waals surface area contributed by atoms with Crippen LogP contribution >= 0.6 is 0 Å². The van der Waals surface area contributed by atoms with Crippen molar-refractivity contribution in [3.8, 4) is 16.9 Å². The summed E-state index contributed by atoms with van der Waals surface area (Å²) in [7, 11) is 3.39. The molecule has 0 saturated carbocycles. The van der Waals surface area contributed by atoms with Gasteiger partial charge in [0.2, 0.25) is 5.91 Å². The van der Waals surface area contributed by atoms with E-state index < -0.39 is 12.0 Å². The van der Waals surface area contributed by atoms with Crippen molar-refractivity contribution in [1.29, 1.82) is 0 Å². The van der Waals surface area contributed by atoms with Gasteiger partial charge in [0, 0.05) is 12.0 Å². The monoisotopic (exact) mass is 400 g/mol. The Morgan fingerprint density at radius 1 is 1.28 bits per heavy atom. The Morgan fingerprint density at radius 2 is 2.00 bits per heavy atom. The van der Waals surface area contributed by atoms with Crippen LogP contribution in [0.5, 0.6) is 5.75 Å². The fourth-order valence-corrected chi connectivity index (χ4v) is 3.67. The molecule has 0 unspecified atom stereocenters. The zero-order valence-electron chi connectivity index (χ0n) is 16.5. The van der Waals surface area contributed by atoms with Gasteiger partial charge in [-0.05, 0) is 55.8 Å². The van der Waals surface area contributed by atoms with E-state index in [1.807, 2.05) is 11.9 Å². The molecular weight excluding hydrogens is 375 g/mol. The summed E-state index contributed by atoms with van der Waals surface area (Å²) in [5.74, 6) is -1.14. The summed E-state index contributed by atoms with van der Waals surface area (Å²) in [5, 5.41) is 12.2. The number of aliphatic carboxylic acids is 1. The van der Waals surface area contributed by atoms with Gasteiger partial charge in [0.05, 0.1) is 13.2 Å². The van der Waals surface area contributed by atoms with Crippen molar-refractivity contribution in [2.45, 2.75) is 31.3 Å². The Kier molecular flexibility index (Phi) is 6.49. The van der Waals surface area contributed by atoms with Crippen LogP contribution in [0.1, 0.15) is 18.4 Å². The first kappa shape index (κ1) is 20.8. The minimum absolute atomic E-state index is 0.165. The van der Waals surface area contributed by atoms with Crippen molar-refractivity contribution >= 4 is 11.9 Å². The number of carbonyl (C=O) groups excluding carboxylic acids is 1. The van der Waals surface area contributed by atoms with Crippen LogP contribution in [-0.2, 0) is 16.0 Å². The number of likely N-dealkylation sites (tertiary alicyclic amines) is 1. The molecule has 6 nitrogen and oxygen atoms in total. The molecule has 2 aromatic rings. The summed E-state index contributed by atoms with van der Waals surface area (Å²) in [5.41, 5.74) is 2.14. The molecule has 3 rings (SSSR count). The summed E-state index contributed by atoms with van der Waals surface area (Å²) in [6.45, 7) is 0.834. The van der Waals surface area contributed by atoms with E-state index in [-0.39, 0.29) is 24.2 Å². The summed E-state index contributed by atoms with van der Waals surface area (Å²) in [4.78, 5) is 26.0. The van der Waals surface area contributed by atoms with Crippen LogP contribution < -0.4 is 10.1 Å². The minimum Gasteiger partial charge on any atom is -0.496 e. The fraction of sp³-hybridized carbons (Fsp3) is 0.364. The lowest BCUT2D eigenvalue weighted by atomic mass is 9.99. The molecular formula is C22H25FN2O4. The molecule has 154 valence electrons. The molecule has 0 bridgehead atoms. The maximum Gasteiger partial charge on any atom is 0.326 e. The number of hydrogen-bond acceptors (Lipinski definition) is 4. The van der Waals surface area contributed by atoms with Crippen LogP contribution in [0.4, 0.5) is 4.39 Å². The number of carbonyl (C=O) groups is 2. The summed E-state index contributed by atoms with van der Waals surface area (Å²) < 4.78 is 18.9. The van der Waals surface area contributed by atoms with E-state index in [9.17, 15) is 19.1 Å². The molecule has 1 heterocycles. The van der Waals surface area contributed by atoms with E-state index in [0.717, 1.165) is 30.5 Å². The average molecular weight is 400 g/mol. The molecule has 2 N–H and O–H groups in total.